The Labute approximate surface area is 168 Å². The lowest BCUT2D eigenvalue weighted by atomic mass is 9.89. The van der Waals surface area contributed by atoms with Crippen LogP contribution in [0.5, 0.6) is 0 Å². The van der Waals surface area contributed by atoms with Crippen LogP contribution in [-0.2, 0) is 6.54 Å². The lowest BCUT2D eigenvalue weighted by Crippen LogP contribution is -2.48. The van der Waals surface area contributed by atoms with Gasteiger partial charge in [0.2, 0.25) is 0 Å². The fraction of sp³-hybridized carbons (Fsp3) is 0.750. The SMILES string of the molecule is CC(C)N1CCN(c2ccc(CN(C)CCCCCC(C)(C)C)cc2)CC1. The van der Waals surface area contributed by atoms with Crippen LogP contribution >= 0.6 is 0 Å². The first-order valence-electron chi connectivity index (χ1n) is 11.0. The molecule has 0 radical (unpaired) electrons. The maximum atomic E-state index is 2.57. The third-order valence-corrected chi connectivity index (χ3v) is 5.77. The van der Waals surface area contributed by atoms with Gasteiger partial charge < -0.3 is 9.80 Å². The van der Waals surface area contributed by atoms with Crippen LogP contribution in [0.25, 0.3) is 0 Å². The summed E-state index contributed by atoms with van der Waals surface area (Å²) in [7, 11) is 2.25. The summed E-state index contributed by atoms with van der Waals surface area (Å²) in [5.41, 5.74) is 3.29. The van der Waals surface area contributed by atoms with Crippen molar-refractivity contribution < 1.29 is 0 Å². The van der Waals surface area contributed by atoms with E-state index in [4.69, 9.17) is 0 Å². The minimum Gasteiger partial charge on any atom is -0.369 e. The first kappa shape index (κ1) is 22.2. The van der Waals surface area contributed by atoms with Crippen molar-refractivity contribution in [1.82, 2.24) is 9.80 Å². The van der Waals surface area contributed by atoms with Crippen molar-refractivity contribution >= 4 is 5.69 Å². The quantitative estimate of drug-likeness (QED) is 0.547. The average molecular weight is 374 g/mol. The number of hydrogen-bond donors (Lipinski definition) is 0. The highest BCUT2D eigenvalue weighted by Gasteiger charge is 2.18. The molecule has 0 saturated carbocycles. The Bertz CT molecular complexity index is 522. The molecule has 1 saturated heterocycles. The molecule has 0 bridgehead atoms. The van der Waals surface area contributed by atoms with Gasteiger partial charge in [0.1, 0.15) is 0 Å². The fourth-order valence-electron chi connectivity index (χ4n) is 3.91. The molecule has 2 rings (SSSR count). The first-order chi connectivity index (χ1) is 12.7. The van der Waals surface area contributed by atoms with E-state index in [1.165, 1.54) is 56.6 Å². The van der Waals surface area contributed by atoms with Crippen molar-refractivity contribution in [2.24, 2.45) is 5.41 Å². The second-order valence-electron chi connectivity index (χ2n) is 9.89. The molecule has 27 heavy (non-hydrogen) atoms. The van der Waals surface area contributed by atoms with Crippen molar-refractivity contribution in [3.05, 3.63) is 29.8 Å². The Kier molecular flexibility index (Phi) is 8.62. The summed E-state index contributed by atoms with van der Waals surface area (Å²) in [4.78, 5) is 7.57. The van der Waals surface area contributed by atoms with Crippen LogP contribution in [0.3, 0.4) is 0 Å². The molecule has 1 fully saturated rings. The highest BCUT2D eigenvalue weighted by Crippen LogP contribution is 2.22. The topological polar surface area (TPSA) is 9.72 Å². The molecule has 0 aliphatic carbocycles. The van der Waals surface area contributed by atoms with Gasteiger partial charge in [-0.15, -0.1) is 0 Å². The van der Waals surface area contributed by atoms with Gasteiger partial charge in [0, 0.05) is 44.5 Å². The zero-order valence-corrected chi connectivity index (χ0v) is 18.8. The van der Waals surface area contributed by atoms with E-state index in [9.17, 15) is 0 Å². The van der Waals surface area contributed by atoms with Gasteiger partial charge in [-0.25, -0.2) is 0 Å². The van der Waals surface area contributed by atoms with Crippen LogP contribution in [-0.4, -0.2) is 55.6 Å². The van der Waals surface area contributed by atoms with Gasteiger partial charge >= 0.3 is 0 Å². The summed E-state index contributed by atoms with van der Waals surface area (Å²) in [6, 6.07) is 9.94. The Balaban J connectivity index is 1.69. The number of unbranched alkanes of at least 4 members (excludes halogenated alkanes) is 2. The third-order valence-electron chi connectivity index (χ3n) is 5.77. The fourth-order valence-corrected chi connectivity index (χ4v) is 3.91. The number of benzene rings is 1. The van der Waals surface area contributed by atoms with Gasteiger partial charge in [0.05, 0.1) is 0 Å². The molecule has 1 aromatic rings. The minimum atomic E-state index is 0.481. The van der Waals surface area contributed by atoms with Gasteiger partial charge in [-0.3, -0.25) is 4.90 Å². The highest BCUT2D eigenvalue weighted by atomic mass is 15.3. The number of hydrogen-bond acceptors (Lipinski definition) is 3. The average Bonchev–Trinajstić information content (AvgIpc) is 2.61. The van der Waals surface area contributed by atoms with E-state index in [0.717, 1.165) is 19.6 Å². The Morgan fingerprint density at radius 1 is 0.926 bits per heavy atom. The molecule has 154 valence electrons. The summed E-state index contributed by atoms with van der Waals surface area (Å²) >= 11 is 0. The predicted octanol–water partition coefficient (Wildman–Crippen LogP) is 5.26. The van der Waals surface area contributed by atoms with E-state index in [0.29, 0.717) is 11.5 Å². The molecule has 0 atom stereocenters. The molecule has 1 heterocycles. The summed E-state index contributed by atoms with van der Waals surface area (Å²) < 4.78 is 0. The highest BCUT2D eigenvalue weighted by molar-refractivity contribution is 5.48. The van der Waals surface area contributed by atoms with Crippen molar-refractivity contribution in [3.8, 4) is 0 Å². The van der Waals surface area contributed by atoms with Crippen LogP contribution in [0.1, 0.15) is 65.9 Å². The standard InChI is InChI=1S/C24H43N3/c1-21(2)26-16-18-27(19-17-26)23-12-10-22(11-13-23)20-25(6)15-9-7-8-14-24(3,4)5/h10-13,21H,7-9,14-20H2,1-6H3. The number of rotatable bonds is 9. The monoisotopic (exact) mass is 373 g/mol. The Morgan fingerprint density at radius 2 is 1.56 bits per heavy atom. The molecular weight excluding hydrogens is 330 g/mol. The third kappa shape index (κ3) is 8.23. The van der Waals surface area contributed by atoms with E-state index in [1.807, 2.05) is 0 Å². The number of piperazine rings is 1. The van der Waals surface area contributed by atoms with Crippen LogP contribution in [0, 0.1) is 5.41 Å². The maximum Gasteiger partial charge on any atom is 0.0367 e. The zero-order chi connectivity index (χ0) is 19.9. The Morgan fingerprint density at radius 3 is 2.11 bits per heavy atom. The minimum absolute atomic E-state index is 0.481. The van der Waals surface area contributed by atoms with E-state index in [2.05, 4.69) is 80.6 Å². The second-order valence-corrected chi connectivity index (χ2v) is 9.89. The molecule has 1 aromatic carbocycles. The van der Waals surface area contributed by atoms with Crippen molar-refractivity contribution in [2.45, 2.75) is 72.9 Å². The molecule has 0 amide bonds. The number of anilines is 1. The summed E-state index contributed by atoms with van der Waals surface area (Å²) in [6.45, 7) is 18.5. The summed E-state index contributed by atoms with van der Waals surface area (Å²) in [5, 5.41) is 0. The predicted molar refractivity (Wildman–Crippen MR) is 120 cm³/mol. The van der Waals surface area contributed by atoms with E-state index in [-0.39, 0.29) is 0 Å². The van der Waals surface area contributed by atoms with Crippen LogP contribution in [0.2, 0.25) is 0 Å². The lowest BCUT2D eigenvalue weighted by Gasteiger charge is -2.38. The number of nitrogens with zero attached hydrogens (tertiary/aromatic N) is 3. The van der Waals surface area contributed by atoms with Crippen LogP contribution in [0.15, 0.2) is 24.3 Å². The van der Waals surface area contributed by atoms with Crippen LogP contribution in [0.4, 0.5) is 5.69 Å². The van der Waals surface area contributed by atoms with Gasteiger partial charge in [0.15, 0.2) is 0 Å². The molecular formula is C24H43N3. The molecule has 3 heteroatoms. The molecule has 1 aliphatic heterocycles. The largest absolute Gasteiger partial charge is 0.369 e. The zero-order valence-electron chi connectivity index (χ0n) is 18.8. The normalized spacial score (nSPS) is 16.5. The Hall–Kier alpha value is -1.06. The molecule has 3 nitrogen and oxygen atoms in total. The maximum absolute atomic E-state index is 2.57. The van der Waals surface area contributed by atoms with Crippen LogP contribution < -0.4 is 4.90 Å². The van der Waals surface area contributed by atoms with Gasteiger partial charge in [-0.05, 0) is 63.4 Å². The van der Waals surface area contributed by atoms with Crippen molar-refractivity contribution in [2.75, 3.05) is 44.7 Å². The van der Waals surface area contributed by atoms with Gasteiger partial charge in [-0.2, -0.15) is 0 Å². The molecule has 0 aromatic heterocycles. The van der Waals surface area contributed by atoms with Crippen molar-refractivity contribution in [1.29, 1.82) is 0 Å². The summed E-state index contributed by atoms with van der Waals surface area (Å²) in [5.74, 6) is 0. The molecule has 1 aliphatic rings. The van der Waals surface area contributed by atoms with Crippen molar-refractivity contribution in [3.63, 3.8) is 0 Å². The smallest absolute Gasteiger partial charge is 0.0367 e. The van der Waals surface area contributed by atoms with Gasteiger partial charge in [0.25, 0.3) is 0 Å². The second kappa shape index (κ2) is 10.5. The molecule has 0 spiro atoms. The van der Waals surface area contributed by atoms with E-state index >= 15 is 0 Å². The van der Waals surface area contributed by atoms with E-state index in [1.54, 1.807) is 0 Å². The lowest BCUT2D eigenvalue weighted by molar-refractivity contribution is 0.209. The first-order valence-corrected chi connectivity index (χ1v) is 11.0. The molecule has 0 unspecified atom stereocenters. The van der Waals surface area contributed by atoms with Gasteiger partial charge in [-0.1, -0.05) is 45.7 Å². The molecule has 0 N–H and O–H groups in total. The van der Waals surface area contributed by atoms with E-state index < -0.39 is 0 Å². The summed E-state index contributed by atoms with van der Waals surface area (Å²) in [6.07, 6.45) is 5.35.